The lowest BCUT2D eigenvalue weighted by atomic mass is 9.91. The number of hydrogen-bond acceptors (Lipinski definition) is 0. The second kappa shape index (κ2) is 3.39. The fourth-order valence-electron chi connectivity index (χ4n) is 3.01. The molecule has 0 amide bonds. The first-order valence-corrected chi connectivity index (χ1v) is 6.34. The summed E-state index contributed by atoms with van der Waals surface area (Å²) in [5.74, 6) is 0. The Morgan fingerprint density at radius 2 is 1.28 bits per heavy atom. The molecule has 0 aliphatic carbocycles. The van der Waals surface area contributed by atoms with Crippen LogP contribution in [0.2, 0.25) is 0 Å². The molecule has 0 N–H and O–H groups in total. The van der Waals surface area contributed by atoms with Gasteiger partial charge >= 0.3 is 0 Å². The predicted molar refractivity (Wildman–Crippen MR) is 79.2 cm³/mol. The molecule has 4 aromatic carbocycles. The normalized spacial score (nSPS) is 11.6. The molecule has 0 aliphatic rings. The molecule has 0 bridgehead atoms. The van der Waals surface area contributed by atoms with Crippen LogP contribution in [0.15, 0.2) is 54.6 Å². The molecule has 0 atom stereocenters. The van der Waals surface area contributed by atoms with Gasteiger partial charge in [0.1, 0.15) is 5.56 Å². The molecule has 0 radical (unpaired) electrons. The zero-order valence-electron chi connectivity index (χ0n) is 10.3. The largest absolute Gasteiger partial charge is 0.137 e. The molecule has 0 heterocycles. The maximum absolute atomic E-state index is 2.25. The Kier molecular flexibility index (Phi) is 1.84. The van der Waals surface area contributed by atoms with E-state index in [0.717, 1.165) is 0 Å². The molecule has 0 heteroatoms. The monoisotopic (exact) mass is 229 g/mol. The lowest BCUT2D eigenvalue weighted by Gasteiger charge is -2.08. The summed E-state index contributed by atoms with van der Waals surface area (Å²) in [4.78, 5) is 0. The maximum atomic E-state index is 2.25. The van der Waals surface area contributed by atoms with Crippen LogP contribution in [0.3, 0.4) is 0 Å². The highest BCUT2D eigenvalue weighted by Gasteiger charge is 2.14. The van der Waals surface area contributed by atoms with Gasteiger partial charge in [0, 0.05) is 42.3 Å². The molecule has 4 aromatic rings. The summed E-state index contributed by atoms with van der Waals surface area (Å²) in [6.07, 6.45) is 2.19. The van der Waals surface area contributed by atoms with E-state index < -0.39 is 0 Å². The second-order valence-corrected chi connectivity index (χ2v) is 4.80. The van der Waals surface area contributed by atoms with Crippen molar-refractivity contribution in [3.05, 3.63) is 66.6 Å². The van der Waals surface area contributed by atoms with Crippen molar-refractivity contribution in [3.8, 4) is 0 Å². The first-order valence-electron chi connectivity index (χ1n) is 6.34. The highest BCUT2D eigenvalue weighted by Crippen LogP contribution is 2.36. The molecule has 0 aliphatic heterocycles. The van der Waals surface area contributed by atoms with Gasteiger partial charge in [-0.15, -0.1) is 0 Å². The van der Waals surface area contributed by atoms with Crippen molar-refractivity contribution in [2.45, 2.75) is 6.92 Å². The SMILES string of the molecule is C[CH+]c1ccc2ccc3cccc4ccc1c2c34. The molecule has 0 spiro atoms. The van der Waals surface area contributed by atoms with Crippen LogP contribution in [-0.4, -0.2) is 0 Å². The fourth-order valence-corrected chi connectivity index (χ4v) is 3.01. The van der Waals surface area contributed by atoms with E-state index in [1.54, 1.807) is 0 Å². The van der Waals surface area contributed by atoms with Crippen molar-refractivity contribution < 1.29 is 0 Å². The number of benzene rings is 4. The quantitative estimate of drug-likeness (QED) is 0.312. The maximum Gasteiger partial charge on any atom is 0.137 e. The molecular formula is C18H13+. The second-order valence-electron chi connectivity index (χ2n) is 4.80. The van der Waals surface area contributed by atoms with E-state index in [9.17, 15) is 0 Å². The van der Waals surface area contributed by atoms with Crippen molar-refractivity contribution in [1.82, 2.24) is 0 Å². The summed E-state index contributed by atoms with van der Waals surface area (Å²) < 4.78 is 0. The molecule has 0 fully saturated rings. The Bertz CT molecular complexity index is 840. The molecular weight excluding hydrogens is 216 g/mol. The van der Waals surface area contributed by atoms with Crippen LogP contribution in [0.4, 0.5) is 0 Å². The molecule has 0 nitrogen and oxygen atoms in total. The van der Waals surface area contributed by atoms with Gasteiger partial charge in [0.15, 0.2) is 0 Å². The van der Waals surface area contributed by atoms with E-state index in [1.165, 1.54) is 37.9 Å². The third-order valence-electron chi connectivity index (χ3n) is 3.87. The van der Waals surface area contributed by atoms with Crippen molar-refractivity contribution in [2.24, 2.45) is 0 Å². The average molecular weight is 229 g/mol. The van der Waals surface area contributed by atoms with Crippen LogP contribution in [0.5, 0.6) is 0 Å². The third kappa shape index (κ3) is 1.12. The smallest absolute Gasteiger partial charge is 0.0610 e. The molecule has 0 unspecified atom stereocenters. The Labute approximate surface area is 106 Å². The Morgan fingerprint density at radius 3 is 2.00 bits per heavy atom. The molecule has 0 aromatic heterocycles. The van der Waals surface area contributed by atoms with Crippen LogP contribution in [0, 0.1) is 6.42 Å². The highest BCUT2D eigenvalue weighted by molar-refractivity contribution is 6.23. The van der Waals surface area contributed by atoms with Gasteiger partial charge in [-0.3, -0.25) is 0 Å². The van der Waals surface area contributed by atoms with Gasteiger partial charge in [0.05, 0.1) is 10.8 Å². The summed E-state index contributed by atoms with van der Waals surface area (Å²) in [7, 11) is 0. The number of rotatable bonds is 1. The Balaban J connectivity index is 2.40. The lowest BCUT2D eigenvalue weighted by Crippen LogP contribution is -1.87. The van der Waals surface area contributed by atoms with E-state index in [4.69, 9.17) is 0 Å². The van der Waals surface area contributed by atoms with Crippen molar-refractivity contribution in [1.29, 1.82) is 0 Å². The molecule has 18 heavy (non-hydrogen) atoms. The standard InChI is InChI=1S/C18H13/c1-2-12-6-7-15-9-8-13-4-3-5-14-10-11-16(12)18(15)17(13)14/h2-11H,1H3/q+1. The lowest BCUT2D eigenvalue weighted by molar-refractivity contribution is 1.47. The van der Waals surface area contributed by atoms with Gasteiger partial charge in [-0.25, -0.2) is 0 Å². The van der Waals surface area contributed by atoms with Gasteiger partial charge in [0.25, 0.3) is 0 Å². The fraction of sp³-hybridized carbons (Fsp3) is 0.0556. The number of hydrogen-bond donors (Lipinski definition) is 0. The summed E-state index contributed by atoms with van der Waals surface area (Å²) in [6, 6.07) is 19.9. The first-order chi connectivity index (χ1) is 8.88. The Hall–Kier alpha value is -2.21. The summed E-state index contributed by atoms with van der Waals surface area (Å²) in [5, 5.41) is 8.16. The highest BCUT2D eigenvalue weighted by atomic mass is 14.1. The van der Waals surface area contributed by atoms with Crippen LogP contribution >= 0.6 is 0 Å². The third-order valence-corrected chi connectivity index (χ3v) is 3.87. The van der Waals surface area contributed by atoms with Gasteiger partial charge in [-0.05, 0) is 16.8 Å². The predicted octanol–water partition coefficient (Wildman–Crippen LogP) is 5.16. The van der Waals surface area contributed by atoms with Gasteiger partial charge < -0.3 is 0 Å². The van der Waals surface area contributed by atoms with E-state index in [1.807, 2.05) is 0 Å². The minimum Gasteiger partial charge on any atom is -0.0610 e. The molecule has 0 saturated carbocycles. The van der Waals surface area contributed by atoms with Gasteiger partial charge in [-0.2, -0.15) is 0 Å². The first kappa shape index (κ1) is 9.78. The van der Waals surface area contributed by atoms with Crippen molar-refractivity contribution >= 4 is 32.3 Å². The van der Waals surface area contributed by atoms with Crippen molar-refractivity contribution in [3.63, 3.8) is 0 Å². The van der Waals surface area contributed by atoms with E-state index in [-0.39, 0.29) is 0 Å². The zero-order chi connectivity index (χ0) is 12.1. The minimum absolute atomic E-state index is 1.32. The molecule has 0 saturated heterocycles. The van der Waals surface area contributed by atoms with Crippen LogP contribution in [0.1, 0.15) is 12.5 Å². The van der Waals surface area contributed by atoms with Crippen LogP contribution < -0.4 is 0 Å². The summed E-state index contributed by atoms with van der Waals surface area (Å²) >= 11 is 0. The van der Waals surface area contributed by atoms with Crippen LogP contribution in [-0.2, 0) is 0 Å². The Morgan fingerprint density at radius 1 is 0.667 bits per heavy atom. The van der Waals surface area contributed by atoms with E-state index >= 15 is 0 Å². The van der Waals surface area contributed by atoms with Gasteiger partial charge in [-0.1, -0.05) is 30.3 Å². The van der Waals surface area contributed by atoms with E-state index in [0.29, 0.717) is 0 Å². The van der Waals surface area contributed by atoms with Crippen LogP contribution in [0.25, 0.3) is 32.3 Å². The molecule has 84 valence electrons. The molecule has 4 rings (SSSR count). The zero-order valence-corrected chi connectivity index (χ0v) is 10.3. The van der Waals surface area contributed by atoms with Crippen molar-refractivity contribution in [2.75, 3.05) is 0 Å². The summed E-state index contributed by atoms with van der Waals surface area (Å²) in [6.45, 7) is 2.10. The summed E-state index contributed by atoms with van der Waals surface area (Å²) in [5.41, 5.74) is 1.32. The topological polar surface area (TPSA) is 0 Å². The van der Waals surface area contributed by atoms with E-state index in [2.05, 4.69) is 67.9 Å². The minimum atomic E-state index is 1.32. The average Bonchev–Trinajstić information content (AvgIpc) is 2.44. The van der Waals surface area contributed by atoms with Gasteiger partial charge in [0.2, 0.25) is 0 Å².